The van der Waals surface area contributed by atoms with Gasteiger partial charge in [-0.05, 0) is 44.5 Å². The van der Waals surface area contributed by atoms with E-state index in [0.29, 0.717) is 11.5 Å². The number of ether oxygens (including phenoxy) is 3. The number of piperidine rings is 1. The van der Waals surface area contributed by atoms with Gasteiger partial charge in [-0.15, -0.1) is 0 Å². The fourth-order valence-electron chi connectivity index (χ4n) is 5.16. The second-order valence-corrected chi connectivity index (χ2v) is 7.73. The van der Waals surface area contributed by atoms with Crippen molar-refractivity contribution in [2.24, 2.45) is 5.92 Å². The van der Waals surface area contributed by atoms with E-state index in [1.165, 1.54) is 13.8 Å². The molecule has 0 aromatic heterocycles. The summed E-state index contributed by atoms with van der Waals surface area (Å²) in [5.41, 5.74) is 1.85. The molecular formula is C21H25NO5. The van der Waals surface area contributed by atoms with Crippen LogP contribution in [0.1, 0.15) is 38.3 Å². The lowest BCUT2D eigenvalue weighted by molar-refractivity contribution is -0.151. The fraction of sp³-hybridized carbons (Fsp3) is 0.524. The number of nitrogens with one attached hydrogen (secondary N) is 1. The molecule has 0 saturated carbocycles. The maximum atomic E-state index is 11.7. The molecule has 1 aromatic rings. The average Bonchev–Trinajstić information content (AvgIpc) is 2.93. The van der Waals surface area contributed by atoms with Crippen LogP contribution in [0.25, 0.3) is 0 Å². The molecule has 1 saturated heterocycles. The summed E-state index contributed by atoms with van der Waals surface area (Å²) in [5, 5.41) is 3.54. The van der Waals surface area contributed by atoms with E-state index in [4.69, 9.17) is 14.2 Å². The largest absolute Gasteiger partial charge is 0.481 e. The lowest BCUT2D eigenvalue weighted by atomic mass is 9.57. The van der Waals surface area contributed by atoms with E-state index in [-0.39, 0.29) is 35.4 Å². The van der Waals surface area contributed by atoms with Gasteiger partial charge >= 0.3 is 11.9 Å². The number of esters is 2. The Kier molecular flexibility index (Phi) is 4.26. The molecule has 0 radical (unpaired) electrons. The Morgan fingerprint density at radius 1 is 1.22 bits per heavy atom. The predicted molar refractivity (Wildman–Crippen MR) is 98.8 cm³/mol. The Morgan fingerprint density at radius 3 is 2.70 bits per heavy atom. The number of benzene rings is 1. The van der Waals surface area contributed by atoms with Crippen molar-refractivity contribution in [2.75, 3.05) is 6.54 Å². The van der Waals surface area contributed by atoms with E-state index in [2.05, 4.69) is 25.2 Å². The van der Waals surface area contributed by atoms with Crippen molar-refractivity contribution >= 4 is 11.9 Å². The zero-order valence-electron chi connectivity index (χ0n) is 16.1. The van der Waals surface area contributed by atoms with Crippen LogP contribution < -0.4 is 14.8 Å². The highest BCUT2D eigenvalue weighted by atomic mass is 16.6. The van der Waals surface area contributed by atoms with Gasteiger partial charge in [-0.1, -0.05) is 12.1 Å². The third kappa shape index (κ3) is 2.65. The zero-order chi connectivity index (χ0) is 19.3. The smallest absolute Gasteiger partial charge is 0.308 e. The first-order valence-corrected chi connectivity index (χ1v) is 9.42. The highest BCUT2D eigenvalue weighted by Gasteiger charge is 2.61. The van der Waals surface area contributed by atoms with E-state index in [9.17, 15) is 9.59 Å². The van der Waals surface area contributed by atoms with E-state index in [1.807, 2.05) is 12.1 Å². The summed E-state index contributed by atoms with van der Waals surface area (Å²) < 4.78 is 17.4. The highest BCUT2D eigenvalue weighted by molar-refractivity contribution is 5.72. The first kappa shape index (κ1) is 18.0. The lowest BCUT2D eigenvalue weighted by Gasteiger charge is -2.50. The quantitative estimate of drug-likeness (QED) is 0.489. The number of aryl methyl sites for hydroxylation is 1. The van der Waals surface area contributed by atoms with Gasteiger partial charge in [0.15, 0.2) is 17.6 Å². The van der Waals surface area contributed by atoms with Crippen LogP contribution in [0.2, 0.25) is 0 Å². The maximum absolute atomic E-state index is 11.7. The van der Waals surface area contributed by atoms with Crippen LogP contribution >= 0.6 is 0 Å². The summed E-state index contributed by atoms with van der Waals surface area (Å²) in [7, 11) is 0. The molecule has 144 valence electrons. The van der Waals surface area contributed by atoms with Gasteiger partial charge < -0.3 is 19.5 Å². The number of rotatable bonds is 2. The first-order valence-electron chi connectivity index (χ1n) is 9.42. The van der Waals surface area contributed by atoms with Crippen molar-refractivity contribution in [3.8, 4) is 11.5 Å². The normalized spacial score (nSPS) is 33.3. The molecule has 1 spiro atoms. The molecule has 5 atom stereocenters. The summed E-state index contributed by atoms with van der Waals surface area (Å²) in [5.74, 6) is 0.503. The minimum absolute atomic E-state index is 0.190. The Labute approximate surface area is 158 Å². The van der Waals surface area contributed by atoms with E-state index in [0.717, 1.165) is 24.1 Å². The van der Waals surface area contributed by atoms with Gasteiger partial charge in [0.25, 0.3) is 0 Å². The average molecular weight is 371 g/mol. The van der Waals surface area contributed by atoms with Gasteiger partial charge in [0.05, 0.1) is 0 Å². The molecule has 6 heteroatoms. The molecule has 1 N–H and O–H groups in total. The van der Waals surface area contributed by atoms with Crippen molar-refractivity contribution < 1.29 is 23.8 Å². The van der Waals surface area contributed by atoms with Crippen LogP contribution in [0.5, 0.6) is 11.5 Å². The number of carbonyl (C=O) groups is 2. The van der Waals surface area contributed by atoms with Crippen LogP contribution in [-0.4, -0.2) is 36.7 Å². The van der Waals surface area contributed by atoms with Crippen molar-refractivity contribution in [2.45, 2.75) is 57.8 Å². The molecule has 6 nitrogen and oxygen atoms in total. The zero-order valence-corrected chi connectivity index (χ0v) is 16.1. The van der Waals surface area contributed by atoms with Gasteiger partial charge in [-0.2, -0.15) is 0 Å². The molecule has 0 bridgehead atoms. The summed E-state index contributed by atoms with van der Waals surface area (Å²) >= 11 is 0. The van der Waals surface area contributed by atoms with Crippen LogP contribution in [0.4, 0.5) is 0 Å². The Morgan fingerprint density at radius 2 is 2.00 bits per heavy atom. The highest BCUT2D eigenvalue weighted by Crippen LogP contribution is 2.59. The predicted octanol–water partition coefficient (Wildman–Crippen LogP) is 2.42. The van der Waals surface area contributed by atoms with Crippen molar-refractivity contribution in [3.05, 3.63) is 35.4 Å². The number of hydrogen-bond acceptors (Lipinski definition) is 6. The van der Waals surface area contributed by atoms with E-state index >= 15 is 0 Å². The molecule has 2 aliphatic heterocycles. The van der Waals surface area contributed by atoms with E-state index in [1.54, 1.807) is 6.07 Å². The minimum Gasteiger partial charge on any atom is -0.481 e. The van der Waals surface area contributed by atoms with Crippen molar-refractivity contribution in [1.82, 2.24) is 5.32 Å². The van der Waals surface area contributed by atoms with Crippen LogP contribution in [0.15, 0.2) is 24.3 Å². The molecule has 0 amide bonds. The van der Waals surface area contributed by atoms with Gasteiger partial charge in [-0.3, -0.25) is 9.59 Å². The standard InChI is InChI=1S/C21H25NO5/c1-11-5-7-16(25-13(3)23)19-18(11)21-9-10-22-12(2)15(21)6-8-17(20(21)27-19)26-14(4)24/h5-8,12,15,17,20,22H,9-10H2,1-4H3/t12-,15?,17+,20+,21+/m1/s1. The maximum Gasteiger partial charge on any atom is 0.308 e. The molecule has 1 fully saturated rings. The molecule has 3 aliphatic rings. The Bertz CT molecular complexity index is 832. The number of hydrogen-bond donors (Lipinski definition) is 1. The van der Waals surface area contributed by atoms with E-state index < -0.39 is 6.10 Å². The third-order valence-electron chi connectivity index (χ3n) is 6.05. The number of carbonyl (C=O) groups excluding carboxylic acids is 2. The molecule has 1 unspecified atom stereocenters. The molecule has 4 rings (SSSR count). The fourth-order valence-corrected chi connectivity index (χ4v) is 5.16. The van der Waals surface area contributed by atoms with Crippen LogP contribution in [0, 0.1) is 12.8 Å². The van der Waals surface area contributed by atoms with Gasteiger partial charge in [0.1, 0.15) is 6.10 Å². The Hall–Kier alpha value is -2.34. The van der Waals surface area contributed by atoms with Crippen molar-refractivity contribution in [3.63, 3.8) is 0 Å². The molecule has 2 heterocycles. The summed E-state index contributed by atoms with van der Waals surface area (Å²) in [6.07, 6.45) is 4.13. The summed E-state index contributed by atoms with van der Waals surface area (Å²) in [6, 6.07) is 4.00. The molecule has 1 aromatic carbocycles. The van der Waals surface area contributed by atoms with Gasteiger partial charge in [0, 0.05) is 36.8 Å². The Balaban J connectivity index is 1.90. The third-order valence-corrected chi connectivity index (χ3v) is 6.05. The summed E-state index contributed by atoms with van der Waals surface area (Å²) in [6.45, 7) is 7.86. The monoisotopic (exact) mass is 371 g/mol. The van der Waals surface area contributed by atoms with Gasteiger partial charge in [0.2, 0.25) is 0 Å². The topological polar surface area (TPSA) is 73.9 Å². The second kappa shape index (κ2) is 6.37. The molecular weight excluding hydrogens is 346 g/mol. The van der Waals surface area contributed by atoms with Gasteiger partial charge in [-0.25, -0.2) is 0 Å². The molecule has 27 heavy (non-hydrogen) atoms. The van der Waals surface area contributed by atoms with Crippen LogP contribution in [-0.2, 0) is 19.7 Å². The SMILES string of the molecule is CC(=O)Oc1ccc(C)c2c1O[C@H]1[C@@H](OC(C)=O)C=CC3[C@@H](C)NCC[C@@]231. The first-order chi connectivity index (χ1) is 12.8. The lowest BCUT2D eigenvalue weighted by Crippen LogP contribution is -2.62. The summed E-state index contributed by atoms with van der Waals surface area (Å²) in [4.78, 5) is 23.3. The molecule has 1 aliphatic carbocycles. The second-order valence-electron chi connectivity index (χ2n) is 7.73. The minimum atomic E-state index is -0.471. The van der Waals surface area contributed by atoms with Crippen molar-refractivity contribution in [1.29, 1.82) is 0 Å². The van der Waals surface area contributed by atoms with Crippen LogP contribution in [0.3, 0.4) is 0 Å². The number of fused-ring (bicyclic) bond motifs is 1.